The van der Waals surface area contributed by atoms with E-state index in [4.69, 9.17) is 4.74 Å². The first kappa shape index (κ1) is 56.5. The summed E-state index contributed by atoms with van der Waals surface area (Å²) < 4.78 is 5.50. The van der Waals surface area contributed by atoms with Crippen LogP contribution in [0.1, 0.15) is 341 Å². The van der Waals surface area contributed by atoms with Gasteiger partial charge < -0.3 is 4.74 Å². The molecular formula is C55H110O2. The minimum absolute atomic E-state index is 0.0345. The minimum atomic E-state index is 0.0345. The van der Waals surface area contributed by atoms with Gasteiger partial charge in [-0.15, -0.1) is 0 Å². The number of rotatable bonds is 52. The second-order valence-electron chi connectivity index (χ2n) is 18.9. The van der Waals surface area contributed by atoms with Crippen LogP contribution in [-0.4, -0.2) is 12.6 Å². The van der Waals surface area contributed by atoms with Gasteiger partial charge in [-0.05, 0) is 12.8 Å². The number of ether oxygens (including phenoxy) is 1. The summed E-state index contributed by atoms with van der Waals surface area (Å²) in [5, 5.41) is 0. The molecule has 0 aromatic heterocycles. The molecule has 0 radical (unpaired) electrons. The molecule has 0 saturated heterocycles. The van der Waals surface area contributed by atoms with E-state index in [0.29, 0.717) is 13.0 Å². The molecular weight excluding hydrogens is 693 g/mol. The highest BCUT2D eigenvalue weighted by Crippen LogP contribution is 2.18. The molecule has 0 spiro atoms. The van der Waals surface area contributed by atoms with Crippen molar-refractivity contribution in [1.82, 2.24) is 0 Å². The second-order valence-corrected chi connectivity index (χ2v) is 18.9. The lowest BCUT2D eigenvalue weighted by molar-refractivity contribution is -0.143. The molecule has 0 N–H and O–H groups in total. The van der Waals surface area contributed by atoms with Gasteiger partial charge in [0.15, 0.2) is 0 Å². The Morgan fingerprint density at radius 1 is 0.228 bits per heavy atom. The monoisotopic (exact) mass is 803 g/mol. The van der Waals surface area contributed by atoms with E-state index in [1.807, 2.05) is 0 Å². The average Bonchev–Trinajstić information content (AvgIpc) is 3.22. The highest BCUT2D eigenvalue weighted by Gasteiger charge is 2.03. The quantitative estimate of drug-likeness (QED) is 0.0452. The first-order valence-corrected chi connectivity index (χ1v) is 27.5. The van der Waals surface area contributed by atoms with Crippen LogP contribution in [0.3, 0.4) is 0 Å². The fourth-order valence-electron chi connectivity index (χ4n) is 8.91. The van der Waals surface area contributed by atoms with Gasteiger partial charge in [-0.25, -0.2) is 0 Å². The van der Waals surface area contributed by atoms with E-state index in [1.165, 1.54) is 308 Å². The first-order chi connectivity index (χ1) is 28.3. The Bertz CT molecular complexity index is 703. The fraction of sp³-hybridized carbons (Fsp3) is 0.982. The van der Waals surface area contributed by atoms with Crippen molar-refractivity contribution in [2.75, 3.05) is 6.61 Å². The van der Waals surface area contributed by atoms with E-state index in [0.717, 1.165) is 12.8 Å². The van der Waals surface area contributed by atoms with Gasteiger partial charge in [-0.1, -0.05) is 322 Å². The van der Waals surface area contributed by atoms with Gasteiger partial charge in [0, 0.05) is 6.42 Å². The molecule has 0 aliphatic rings. The maximum absolute atomic E-state index is 12.1. The van der Waals surface area contributed by atoms with Crippen molar-refractivity contribution in [3.63, 3.8) is 0 Å². The van der Waals surface area contributed by atoms with Crippen LogP contribution in [0.2, 0.25) is 0 Å². The van der Waals surface area contributed by atoms with Crippen LogP contribution >= 0.6 is 0 Å². The maximum Gasteiger partial charge on any atom is 0.305 e. The summed E-state index contributed by atoms with van der Waals surface area (Å²) in [5.41, 5.74) is 0. The Kier molecular flexibility index (Phi) is 53.0. The molecule has 0 rings (SSSR count). The summed E-state index contributed by atoms with van der Waals surface area (Å²) >= 11 is 0. The Balaban J connectivity index is 3.13. The summed E-state index contributed by atoms with van der Waals surface area (Å²) in [7, 11) is 0. The van der Waals surface area contributed by atoms with E-state index in [9.17, 15) is 4.79 Å². The van der Waals surface area contributed by atoms with Crippen LogP contribution in [-0.2, 0) is 9.53 Å². The van der Waals surface area contributed by atoms with Crippen molar-refractivity contribution in [2.45, 2.75) is 341 Å². The Labute approximate surface area is 362 Å². The van der Waals surface area contributed by atoms with E-state index in [-0.39, 0.29) is 5.97 Å². The molecule has 2 nitrogen and oxygen atoms in total. The Morgan fingerprint density at radius 3 is 0.579 bits per heavy atom. The number of hydrogen-bond donors (Lipinski definition) is 0. The van der Waals surface area contributed by atoms with Crippen LogP contribution in [0.15, 0.2) is 0 Å². The fourth-order valence-corrected chi connectivity index (χ4v) is 8.91. The highest BCUT2D eigenvalue weighted by atomic mass is 16.5. The predicted molar refractivity (Wildman–Crippen MR) is 258 cm³/mol. The highest BCUT2D eigenvalue weighted by molar-refractivity contribution is 5.69. The zero-order chi connectivity index (χ0) is 41.1. The molecule has 0 aromatic carbocycles. The van der Waals surface area contributed by atoms with Crippen LogP contribution in [0.5, 0.6) is 0 Å². The van der Waals surface area contributed by atoms with Gasteiger partial charge in [0.25, 0.3) is 0 Å². The van der Waals surface area contributed by atoms with Crippen LogP contribution in [0.25, 0.3) is 0 Å². The Morgan fingerprint density at radius 2 is 0.386 bits per heavy atom. The van der Waals surface area contributed by atoms with Gasteiger partial charge >= 0.3 is 5.97 Å². The lowest BCUT2D eigenvalue weighted by atomic mass is 10.0. The third-order valence-corrected chi connectivity index (χ3v) is 13.0. The third-order valence-electron chi connectivity index (χ3n) is 13.0. The topological polar surface area (TPSA) is 26.3 Å². The summed E-state index contributed by atoms with van der Waals surface area (Å²) in [6.07, 6.45) is 71.3. The number of unbranched alkanes of at least 4 members (excludes halogenated alkanes) is 48. The smallest absolute Gasteiger partial charge is 0.305 e. The summed E-state index contributed by atoms with van der Waals surface area (Å²) in [6.45, 7) is 5.24. The van der Waals surface area contributed by atoms with E-state index in [2.05, 4.69) is 13.8 Å². The van der Waals surface area contributed by atoms with Crippen molar-refractivity contribution in [2.24, 2.45) is 0 Å². The van der Waals surface area contributed by atoms with Crippen LogP contribution in [0, 0.1) is 0 Å². The van der Waals surface area contributed by atoms with Crippen molar-refractivity contribution in [1.29, 1.82) is 0 Å². The second kappa shape index (κ2) is 53.5. The molecule has 0 bridgehead atoms. The number of esters is 1. The van der Waals surface area contributed by atoms with E-state index in [1.54, 1.807) is 0 Å². The molecule has 342 valence electrons. The molecule has 0 aliphatic carbocycles. The van der Waals surface area contributed by atoms with Crippen LogP contribution < -0.4 is 0 Å². The SMILES string of the molecule is CCCCCCCCCCCCCCCCCCCCCCCCCCCCCCCCCCCC(=O)OCCCCCCCCCCCCCCCCCCC. The standard InChI is InChI=1S/C55H110O2/c1-3-5-7-9-11-13-15-17-19-21-22-23-24-25-26-27-28-29-30-31-32-33-34-35-36-37-39-41-43-45-47-49-51-53-55(56)57-54-52-50-48-46-44-42-40-38-20-18-16-14-12-10-8-6-4-2/h3-54H2,1-2H3. The molecule has 0 unspecified atom stereocenters. The molecule has 0 fully saturated rings. The third kappa shape index (κ3) is 53.5. The maximum atomic E-state index is 12.1. The van der Waals surface area contributed by atoms with Crippen molar-refractivity contribution in [3.05, 3.63) is 0 Å². The van der Waals surface area contributed by atoms with Gasteiger partial charge in [-0.3, -0.25) is 4.79 Å². The molecule has 0 amide bonds. The molecule has 0 atom stereocenters. The molecule has 0 aromatic rings. The largest absolute Gasteiger partial charge is 0.466 e. The Hall–Kier alpha value is -0.530. The average molecular weight is 803 g/mol. The van der Waals surface area contributed by atoms with Crippen molar-refractivity contribution < 1.29 is 9.53 Å². The van der Waals surface area contributed by atoms with Gasteiger partial charge in [-0.2, -0.15) is 0 Å². The zero-order valence-electron chi connectivity index (χ0n) is 40.1. The number of carbonyl (C=O) groups excluding carboxylic acids is 1. The normalized spacial score (nSPS) is 11.5. The molecule has 57 heavy (non-hydrogen) atoms. The van der Waals surface area contributed by atoms with Crippen molar-refractivity contribution >= 4 is 5.97 Å². The lowest BCUT2D eigenvalue weighted by Crippen LogP contribution is -2.05. The van der Waals surface area contributed by atoms with Gasteiger partial charge in [0.05, 0.1) is 6.61 Å². The van der Waals surface area contributed by atoms with Crippen molar-refractivity contribution in [3.8, 4) is 0 Å². The molecule has 2 heteroatoms. The summed E-state index contributed by atoms with van der Waals surface area (Å²) in [5.74, 6) is 0.0345. The van der Waals surface area contributed by atoms with E-state index < -0.39 is 0 Å². The number of hydrogen-bond acceptors (Lipinski definition) is 2. The molecule has 0 aliphatic heterocycles. The summed E-state index contributed by atoms with van der Waals surface area (Å²) in [6, 6.07) is 0. The van der Waals surface area contributed by atoms with Gasteiger partial charge in [0.2, 0.25) is 0 Å². The molecule has 0 saturated carbocycles. The number of carbonyl (C=O) groups is 1. The summed E-state index contributed by atoms with van der Waals surface area (Å²) in [4.78, 5) is 12.1. The molecule has 0 heterocycles. The minimum Gasteiger partial charge on any atom is -0.466 e. The van der Waals surface area contributed by atoms with E-state index >= 15 is 0 Å². The predicted octanol–water partition coefficient (Wildman–Crippen LogP) is 20.5. The zero-order valence-corrected chi connectivity index (χ0v) is 40.1. The van der Waals surface area contributed by atoms with Gasteiger partial charge in [0.1, 0.15) is 0 Å². The first-order valence-electron chi connectivity index (χ1n) is 27.5. The van der Waals surface area contributed by atoms with Crippen LogP contribution in [0.4, 0.5) is 0 Å². The lowest BCUT2D eigenvalue weighted by Gasteiger charge is -2.06.